The molecule has 0 bridgehead atoms. The number of imidazole rings is 1. The van der Waals surface area contributed by atoms with Crippen LogP contribution in [0.2, 0.25) is 0 Å². The number of carbonyl (C=O) groups is 1. The van der Waals surface area contributed by atoms with Gasteiger partial charge in [0.1, 0.15) is 29.0 Å². The van der Waals surface area contributed by atoms with Crippen LogP contribution < -0.4 is 24.6 Å². The standard InChI is InChI=1S/C45H61N9O5/c1-10-11-31(3)48-43-49-42(53(28-32-12-16-36(57-8)17-13-32)29-33-14-18-37(58-9)19-15-33)41-47-26-38(54(41)50-43)39(55)35-24-30(2)40(46-25-35)52-22-20-34(21-23-52)27-51(7)44(56)59-45(4,5)6/h12-19,24-26,31,34,39,55H,10-11,20-23,27-29H2,1-9H3,(H,48,50)/t31-,39?/m0/s1. The van der Waals surface area contributed by atoms with Crippen molar-refractivity contribution in [3.63, 3.8) is 0 Å². The van der Waals surface area contributed by atoms with Crippen molar-refractivity contribution in [3.05, 3.63) is 94.9 Å². The number of fused-ring (bicyclic) bond motifs is 1. The number of methoxy groups -OCH3 is 2. The van der Waals surface area contributed by atoms with Gasteiger partial charge in [-0.1, -0.05) is 37.6 Å². The first kappa shape index (κ1) is 43.0. The minimum absolute atomic E-state index is 0.120. The molecular weight excluding hydrogens is 747 g/mol. The van der Waals surface area contributed by atoms with Gasteiger partial charge in [0.05, 0.1) is 26.1 Å². The molecule has 1 aliphatic heterocycles. The molecule has 6 rings (SSSR count). The Hall–Kier alpha value is -5.63. The van der Waals surface area contributed by atoms with Gasteiger partial charge in [-0.15, -0.1) is 5.10 Å². The summed E-state index contributed by atoms with van der Waals surface area (Å²) in [5.41, 5.74) is 4.25. The first-order valence-electron chi connectivity index (χ1n) is 20.6. The van der Waals surface area contributed by atoms with Crippen LogP contribution in [-0.4, -0.2) is 93.2 Å². The van der Waals surface area contributed by atoms with Crippen molar-refractivity contribution in [1.82, 2.24) is 29.5 Å². The number of rotatable bonds is 16. The molecule has 0 spiro atoms. The Morgan fingerprint density at radius 1 is 0.966 bits per heavy atom. The monoisotopic (exact) mass is 807 g/mol. The van der Waals surface area contributed by atoms with E-state index in [4.69, 9.17) is 34.3 Å². The van der Waals surface area contributed by atoms with E-state index in [2.05, 4.69) is 29.0 Å². The van der Waals surface area contributed by atoms with Crippen LogP contribution in [0.25, 0.3) is 5.65 Å². The molecule has 0 aliphatic carbocycles. The molecule has 1 aliphatic rings. The Bertz CT molecular complexity index is 2100. The fraction of sp³-hybridized carbons (Fsp3) is 0.489. The Labute approximate surface area is 348 Å². The van der Waals surface area contributed by atoms with E-state index in [0.29, 0.717) is 54.2 Å². The number of hydrogen-bond donors (Lipinski definition) is 2. The van der Waals surface area contributed by atoms with Crippen molar-refractivity contribution in [2.75, 3.05) is 56.0 Å². The lowest BCUT2D eigenvalue weighted by atomic mass is 9.96. The molecule has 14 nitrogen and oxygen atoms in total. The summed E-state index contributed by atoms with van der Waals surface area (Å²) in [5, 5.41) is 20.5. The second-order valence-corrected chi connectivity index (χ2v) is 16.7. The molecule has 2 atom stereocenters. The van der Waals surface area contributed by atoms with Crippen molar-refractivity contribution in [2.45, 2.75) is 98.1 Å². The molecule has 3 aromatic heterocycles. The first-order chi connectivity index (χ1) is 28.2. The predicted molar refractivity (Wildman–Crippen MR) is 231 cm³/mol. The topological polar surface area (TPSA) is 143 Å². The third-order valence-corrected chi connectivity index (χ3v) is 10.7. The fourth-order valence-electron chi connectivity index (χ4n) is 7.55. The summed E-state index contributed by atoms with van der Waals surface area (Å²) >= 11 is 0. The van der Waals surface area contributed by atoms with Gasteiger partial charge >= 0.3 is 6.09 Å². The van der Waals surface area contributed by atoms with Crippen LogP contribution >= 0.6 is 0 Å². The number of benzene rings is 2. The van der Waals surface area contributed by atoms with Crippen LogP contribution in [0.3, 0.4) is 0 Å². The minimum Gasteiger partial charge on any atom is -0.497 e. The molecule has 1 amide bonds. The number of pyridine rings is 1. The molecule has 4 heterocycles. The Balaban J connectivity index is 1.28. The maximum atomic E-state index is 12.5. The molecular formula is C45H61N9O5. The van der Waals surface area contributed by atoms with Gasteiger partial charge < -0.3 is 39.3 Å². The number of aryl methyl sites for hydroxylation is 1. The van der Waals surface area contributed by atoms with Gasteiger partial charge in [-0.2, -0.15) is 4.98 Å². The molecule has 1 unspecified atom stereocenters. The number of aliphatic hydroxyl groups excluding tert-OH is 1. The molecule has 1 saturated heterocycles. The van der Waals surface area contributed by atoms with E-state index in [-0.39, 0.29) is 12.1 Å². The van der Waals surface area contributed by atoms with Crippen molar-refractivity contribution < 1.29 is 24.1 Å². The van der Waals surface area contributed by atoms with Gasteiger partial charge in [0.15, 0.2) is 11.5 Å². The highest BCUT2D eigenvalue weighted by Gasteiger charge is 2.28. The largest absolute Gasteiger partial charge is 0.497 e. The normalized spacial score (nSPS) is 14.5. The van der Waals surface area contributed by atoms with Crippen LogP contribution in [0.15, 0.2) is 67.0 Å². The maximum Gasteiger partial charge on any atom is 0.410 e. The zero-order valence-electron chi connectivity index (χ0n) is 36.1. The summed E-state index contributed by atoms with van der Waals surface area (Å²) in [7, 11) is 5.13. The highest BCUT2D eigenvalue weighted by Crippen LogP contribution is 2.32. The molecule has 1 fully saturated rings. The summed E-state index contributed by atoms with van der Waals surface area (Å²) < 4.78 is 18.1. The number of hydrogen-bond acceptors (Lipinski definition) is 12. The number of aromatic nitrogens is 5. The smallest absolute Gasteiger partial charge is 0.410 e. The van der Waals surface area contributed by atoms with Crippen molar-refractivity contribution in [2.24, 2.45) is 5.92 Å². The third-order valence-electron chi connectivity index (χ3n) is 10.7. The highest BCUT2D eigenvalue weighted by atomic mass is 16.6. The van der Waals surface area contributed by atoms with Gasteiger partial charge in [0.2, 0.25) is 5.95 Å². The maximum absolute atomic E-state index is 12.5. The van der Waals surface area contributed by atoms with E-state index in [1.54, 1.807) is 43.1 Å². The number of carbonyl (C=O) groups excluding carboxylic acids is 1. The zero-order valence-corrected chi connectivity index (χ0v) is 36.1. The molecule has 2 aromatic carbocycles. The first-order valence-corrected chi connectivity index (χ1v) is 20.6. The minimum atomic E-state index is -1.06. The average molecular weight is 808 g/mol. The number of nitrogens with one attached hydrogen (secondary N) is 1. The molecule has 2 N–H and O–H groups in total. The van der Waals surface area contributed by atoms with Crippen molar-refractivity contribution >= 4 is 29.3 Å². The van der Waals surface area contributed by atoms with Crippen molar-refractivity contribution in [3.8, 4) is 11.5 Å². The van der Waals surface area contributed by atoms with E-state index in [1.165, 1.54) is 0 Å². The number of ether oxygens (including phenoxy) is 3. The Kier molecular flexibility index (Phi) is 13.8. The Morgan fingerprint density at radius 2 is 1.58 bits per heavy atom. The lowest BCUT2D eigenvalue weighted by Gasteiger charge is -2.35. The predicted octanol–water partition coefficient (Wildman–Crippen LogP) is 7.82. The van der Waals surface area contributed by atoms with Gasteiger partial charge in [0.25, 0.3) is 0 Å². The van der Waals surface area contributed by atoms with Crippen LogP contribution in [0, 0.1) is 12.8 Å². The van der Waals surface area contributed by atoms with E-state index >= 15 is 0 Å². The second-order valence-electron chi connectivity index (χ2n) is 16.7. The fourth-order valence-corrected chi connectivity index (χ4v) is 7.55. The van der Waals surface area contributed by atoms with E-state index in [9.17, 15) is 9.90 Å². The number of piperidine rings is 1. The number of amides is 1. The summed E-state index contributed by atoms with van der Waals surface area (Å²) in [5.74, 6) is 3.91. The van der Waals surface area contributed by atoms with Crippen LogP contribution in [0.4, 0.5) is 22.4 Å². The van der Waals surface area contributed by atoms with Crippen LogP contribution in [0.1, 0.15) is 94.4 Å². The third kappa shape index (κ3) is 10.9. The molecule has 14 heteroatoms. The zero-order chi connectivity index (χ0) is 42.3. The van der Waals surface area contributed by atoms with Crippen LogP contribution in [-0.2, 0) is 17.8 Å². The lowest BCUT2D eigenvalue weighted by molar-refractivity contribution is 0.0266. The second kappa shape index (κ2) is 19.0. The molecule has 316 valence electrons. The SMILES string of the molecule is CCC[C@H](C)Nc1nc(N(Cc2ccc(OC)cc2)Cc2ccc(OC)cc2)c2ncc(C(O)c3cnc(N4CCC(CN(C)C(=O)OC(C)(C)C)CC4)c(C)c3)n2n1. The molecule has 0 radical (unpaired) electrons. The van der Waals surface area contributed by atoms with Gasteiger partial charge in [-0.3, -0.25) is 0 Å². The van der Waals surface area contributed by atoms with Crippen LogP contribution in [0.5, 0.6) is 11.5 Å². The Morgan fingerprint density at radius 3 is 2.12 bits per heavy atom. The summed E-state index contributed by atoms with van der Waals surface area (Å²) in [4.78, 5) is 33.5. The van der Waals surface area contributed by atoms with E-state index in [0.717, 1.165) is 72.8 Å². The number of anilines is 3. The molecule has 5 aromatic rings. The quantitative estimate of drug-likeness (QED) is 0.100. The number of aliphatic hydroxyl groups is 1. The van der Waals surface area contributed by atoms with E-state index in [1.807, 2.05) is 82.3 Å². The van der Waals surface area contributed by atoms with Crippen molar-refractivity contribution in [1.29, 1.82) is 0 Å². The van der Waals surface area contributed by atoms with Gasteiger partial charge in [-0.05, 0) is 107 Å². The summed E-state index contributed by atoms with van der Waals surface area (Å²) in [6, 6.07) is 18.1. The summed E-state index contributed by atoms with van der Waals surface area (Å²) in [6.07, 6.45) is 5.89. The molecule has 59 heavy (non-hydrogen) atoms. The highest BCUT2D eigenvalue weighted by molar-refractivity contribution is 5.68. The lowest BCUT2D eigenvalue weighted by Crippen LogP contribution is -2.41. The average Bonchev–Trinajstić information content (AvgIpc) is 3.64. The van der Waals surface area contributed by atoms with Gasteiger partial charge in [0, 0.05) is 57.6 Å². The van der Waals surface area contributed by atoms with E-state index < -0.39 is 11.7 Å². The summed E-state index contributed by atoms with van der Waals surface area (Å²) in [6.45, 7) is 15.3. The molecule has 0 saturated carbocycles. The number of nitrogens with zero attached hydrogens (tertiary/aromatic N) is 8. The van der Waals surface area contributed by atoms with Gasteiger partial charge in [-0.25, -0.2) is 19.3 Å².